The molecule has 0 N–H and O–H groups in total. The van der Waals surface area contributed by atoms with Gasteiger partial charge in [-0.1, -0.05) is 36.0 Å². The second-order valence-corrected chi connectivity index (χ2v) is 7.54. The molecule has 4 heterocycles. The maximum atomic E-state index is 13.6. The topological polar surface area (TPSA) is 86.7 Å². The Hall–Kier alpha value is -3.78. The molecule has 8 heteroatoms. The van der Waals surface area contributed by atoms with E-state index >= 15 is 0 Å². The van der Waals surface area contributed by atoms with Gasteiger partial charge in [0, 0.05) is 17.8 Å². The van der Waals surface area contributed by atoms with E-state index < -0.39 is 0 Å². The Morgan fingerprint density at radius 2 is 1.80 bits per heavy atom. The van der Waals surface area contributed by atoms with E-state index in [2.05, 4.69) is 19.9 Å². The Morgan fingerprint density at radius 1 is 0.933 bits per heavy atom. The number of nitrogens with zero attached hydrogens (tertiary/aromatic N) is 5. The number of furan rings is 1. The lowest BCUT2D eigenvalue weighted by Gasteiger charge is -2.12. The van der Waals surface area contributed by atoms with Crippen molar-refractivity contribution in [3.63, 3.8) is 0 Å². The largest absolute Gasteiger partial charge is 0.456 e. The van der Waals surface area contributed by atoms with E-state index in [1.807, 2.05) is 48.7 Å². The van der Waals surface area contributed by atoms with Gasteiger partial charge in [-0.2, -0.15) is 0 Å². The summed E-state index contributed by atoms with van der Waals surface area (Å²) in [5, 5.41) is 3.49. The molecule has 7 nitrogen and oxygen atoms in total. The summed E-state index contributed by atoms with van der Waals surface area (Å²) >= 11 is 1.42. The Balaban J connectivity index is 1.84. The summed E-state index contributed by atoms with van der Waals surface area (Å²) in [6.07, 6.45) is 6.60. The normalized spacial score (nSPS) is 11.8. The standard InChI is InChI=1S/C22H13N5O2S/c1-30-22-24-10-14-19(26-22)13-9-23-11-25-20(13)27(21(14)28)15-6-4-8-17-18(15)12-5-2-3-7-16(12)29-17/h2-11H,1H3. The number of hydrogen-bond donors (Lipinski definition) is 0. The molecule has 144 valence electrons. The zero-order chi connectivity index (χ0) is 20.2. The fourth-order valence-electron chi connectivity index (χ4n) is 3.88. The number of rotatable bonds is 2. The highest BCUT2D eigenvalue weighted by molar-refractivity contribution is 7.98. The van der Waals surface area contributed by atoms with Gasteiger partial charge in [-0.15, -0.1) is 0 Å². The molecule has 0 saturated heterocycles. The van der Waals surface area contributed by atoms with E-state index in [4.69, 9.17) is 4.42 Å². The predicted octanol–water partition coefficient (Wildman–Crippen LogP) is 4.35. The molecule has 0 unspecified atom stereocenters. The zero-order valence-electron chi connectivity index (χ0n) is 15.7. The van der Waals surface area contributed by atoms with Crippen LogP contribution in [0, 0.1) is 0 Å². The first-order chi connectivity index (χ1) is 14.8. The first kappa shape index (κ1) is 17.1. The summed E-state index contributed by atoms with van der Waals surface area (Å²) in [5.74, 6) is 0. The molecule has 0 aliphatic carbocycles. The van der Waals surface area contributed by atoms with Crippen LogP contribution in [-0.2, 0) is 0 Å². The molecule has 0 radical (unpaired) electrons. The Morgan fingerprint density at radius 3 is 2.70 bits per heavy atom. The van der Waals surface area contributed by atoms with E-state index in [0.29, 0.717) is 38.4 Å². The van der Waals surface area contributed by atoms with Gasteiger partial charge in [-0.25, -0.2) is 19.9 Å². The van der Waals surface area contributed by atoms with E-state index in [1.165, 1.54) is 18.1 Å². The molecule has 0 atom stereocenters. The van der Waals surface area contributed by atoms with E-state index in [0.717, 1.165) is 16.4 Å². The van der Waals surface area contributed by atoms with Crippen LogP contribution in [-0.4, -0.2) is 30.8 Å². The van der Waals surface area contributed by atoms with Crippen molar-refractivity contribution in [1.29, 1.82) is 0 Å². The number of thioether (sulfide) groups is 1. The minimum absolute atomic E-state index is 0.235. The minimum atomic E-state index is -0.235. The van der Waals surface area contributed by atoms with Crippen LogP contribution < -0.4 is 5.56 Å². The van der Waals surface area contributed by atoms with Gasteiger partial charge in [0.1, 0.15) is 17.5 Å². The van der Waals surface area contributed by atoms with Gasteiger partial charge >= 0.3 is 0 Å². The van der Waals surface area contributed by atoms with Crippen molar-refractivity contribution in [2.75, 3.05) is 6.26 Å². The summed E-state index contributed by atoms with van der Waals surface area (Å²) in [4.78, 5) is 31.1. The summed E-state index contributed by atoms with van der Waals surface area (Å²) in [6, 6.07) is 13.5. The maximum absolute atomic E-state index is 13.6. The second kappa shape index (κ2) is 6.36. The first-order valence-corrected chi connectivity index (χ1v) is 10.4. The number of benzene rings is 2. The van der Waals surface area contributed by atoms with Gasteiger partial charge in [0.05, 0.1) is 27.4 Å². The molecule has 0 aliphatic heterocycles. The van der Waals surface area contributed by atoms with Gasteiger partial charge in [0.2, 0.25) is 0 Å². The van der Waals surface area contributed by atoms with Crippen LogP contribution >= 0.6 is 11.8 Å². The SMILES string of the molecule is CSc1ncc2c(=O)n(-c3cccc4oc5ccccc5c34)c3ncncc3c2n1. The minimum Gasteiger partial charge on any atom is -0.456 e. The van der Waals surface area contributed by atoms with Crippen LogP contribution in [0.5, 0.6) is 0 Å². The van der Waals surface area contributed by atoms with E-state index in [9.17, 15) is 4.79 Å². The van der Waals surface area contributed by atoms with Crippen LogP contribution in [0.1, 0.15) is 0 Å². The lowest BCUT2D eigenvalue weighted by molar-refractivity contribution is 0.669. The van der Waals surface area contributed by atoms with Crippen molar-refractivity contribution in [3.8, 4) is 5.69 Å². The van der Waals surface area contributed by atoms with Gasteiger partial charge in [-0.05, 0) is 24.5 Å². The average molecular weight is 411 g/mol. The molecule has 0 spiro atoms. The third-order valence-electron chi connectivity index (χ3n) is 5.16. The van der Waals surface area contributed by atoms with Crippen molar-refractivity contribution >= 4 is 55.6 Å². The number of aromatic nitrogens is 5. The number of fused-ring (bicyclic) bond motifs is 6. The molecular weight excluding hydrogens is 398 g/mol. The average Bonchev–Trinajstić information content (AvgIpc) is 3.18. The molecule has 6 rings (SSSR count). The maximum Gasteiger partial charge on any atom is 0.267 e. The fourth-order valence-corrected chi connectivity index (χ4v) is 4.22. The van der Waals surface area contributed by atoms with Crippen LogP contribution in [0.15, 0.2) is 75.6 Å². The molecule has 0 aliphatic rings. The molecule has 2 aromatic carbocycles. The number of hydrogen-bond acceptors (Lipinski definition) is 7. The summed E-state index contributed by atoms with van der Waals surface area (Å²) in [7, 11) is 0. The molecule has 0 fully saturated rings. The predicted molar refractivity (Wildman–Crippen MR) is 117 cm³/mol. The second-order valence-electron chi connectivity index (χ2n) is 6.77. The third-order valence-corrected chi connectivity index (χ3v) is 5.72. The molecule has 6 aromatic rings. The number of para-hydroxylation sites is 1. The molecule has 0 bridgehead atoms. The van der Waals surface area contributed by atoms with Crippen LogP contribution in [0.25, 0.3) is 49.6 Å². The van der Waals surface area contributed by atoms with Crippen molar-refractivity contribution in [3.05, 3.63) is 71.5 Å². The Labute approximate surface area is 173 Å². The first-order valence-electron chi connectivity index (χ1n) is 9.22. The summed E-state index contributed by atoms with van der Waals surface area (Å²) < 4.78 is 7.61. The smallest absolute Gasteiger partial charge is 0.267 e. The molecule has 4 aromatic heterocycles. The molecular formula is C22H13N5O2S. The number of pyridine rings is 1. The van der Waals surface area contributed by atoms with E-state index in [1.54, 1.807) is 17.0 Å². The highest BCUT2D eigenvalue weighted by atomic mass is 32.2. The van der Waals surface area contributed by atoms with Crippen LogP contribution in [0.4, 0.5) is 0 Å². The fraction of sp³-hybridized carbons (Fsp3) is 0.0455. The highest BCUT2D eigenvalue weighted by Gasteiger charge is 2.19. The Kier molecular flexibility index (Phi) is 3.63. The van der Waals surface area contributed by atoms with Gasteiger partial charge in [-0.3, -0.25) is 9.36 Å². The monoisotopic (exact) mass is 411 g/mol. The molecule has 30 heavy (non-hydrogen) atoms. The molecule has 0 saturated carbocycles. The lowest BCUT2D eigenvalue weighted by atomic mass is 10.1. The van der Waals surface area contributed by atoms with Gasteiger partial charge in [0.15, 0.2) is 10.8 Å². The lowest BCUT2D eigenvalue weighted by Crippen LogP contribution is -2.21. The van der Waals surface area contributed by atoms with Crippen molar-refractivity contribution < 1.29 is 4.42 Å². The highest BCUT2D eigenvalue weighted by Crippen LogP contribution is 2.34. The Bertz CT molecular complexity index is 1670. The van der Waals surface area contributed by atoms with Crippen molar-refractivity contribution in [2.45, 2.75) is 5.16 Å². The van der Waals surface area contributed by atoms with Crippen molar-refractivity contribution in [2.24, 2.45) is 0 Å². The summed E-state index contributed by atoms with van der Waals surface area (Å²) in [6.45, 7) is 0. The van der Waals surface area contributed by atoms with Crippen LogP contribution in [0.2, 0.25) is 0 Å². The third kappa shape index (κ3) is 2.31. The zero-order valence-corrected chi connectivity index (χ0v) is 16.6. The van der Waals surface area contributed by atoms with Gasteiger partial charge in [0.25, 0.3) is 5.56 Å². The summed E-state index contributed by atoms with van der Waals surface area (Å²) in [5.41, 5.74) is 2.97. The van der Waals surface area contributed by atoms with Gasteiger partial charge < -0.3 is 4.42 Å². The van der Waals surface area contributed by atoms with Crippen LogP contribution in [0.3, 0.4) is 0 Å². The van der Waals surface area contributed by atoms with E-state index in [-0.39, 0.29) is 5.56 Å². The van der Waals surface area contributed by atoms with Crippen molar-refractivity contribution in [1.82, 2.24) is 24.5 Å². The quantitative estimate of drug-likeness (QED) is 0.238. The molecule has 0 amide bonds.